The molecule has 0 bridgehead atoms. The average Bonchev–Trinajstić information content (AvgIpc) is 3.51. The van der Waals surface area contributed by atoms with E-state index in [1.165, 1.54) is 28.9 Å². The fraction of sp³-hybridized carbons (Fsp3) is 0.346. The number of carbonyl (C=O) groups excluding carboxylic acids is 2. The van der Waals surface area contributed by atoms with Crippen LogP contribution in [0.25, 0.3) is 5.65 Å². The molecule has 2 aliphatic rings. The van der Waals surface area contributed by atoms with Gasteiger partial charge in [-0.1, -0.05) is 6.58 Å². The number of fused-ring (bicyclic) bond motifs is 1. The largest absolute Gasteiger partial charge is 0.441 e. The maximum absolute atomic E-state index is 14.7. The van der Waals surface area contributed by atoms with E-state index in [0.29, 0.717) is 50.4 Å². The highest BCUT2D eigenvalue weighted by molar-refractivity contribution is 5.90. The normalized spacial score (nSPS) is 17.2. The fourth-order valence-corrected chi connectivity index (χ4v) is 4.44. The van der Waals surface area contributed by atoms with Gasteiger partial charge in [0.25, 0.3) is 0 Å². The van der Waals surface area contributed by atoms with Crippen LogP contribution in [0.1, 0.15) is 10.5 Å². The number of anilines is 2. The summed E-state index contributed by atoms with van der Waals surface area (Å²) in [5, 5.41) is 12.1. The van der Waals surface area contributed by atoms with Crippen molar-refractivity contribution in [3.63, 3.8) is 0 Å². The zero-order valence-corrected chi connectivity index (χ0v) is 21.3. The summed E-state index contributed by atoms with van der Waals surface area (Å²) in [6, 6.07) is 5.08. The number of aliphatic hydroxyl groups excluding tert-OH is 1. The number of nitrogens with zero attached hydrogens (tertiary/aromatic N) is 5. The van der Waals surface area contributed by atoms with Crippen molar-refractivity contribution in [1.82, 2.24) is 19.6 Å². The van der Waals surface area contributed by atoms with Crippen LogP contribution in [-0.4, -0.2) is 90.8 Å². The van der Waals surface area contributed by atoms with Gasteiger partial charge in [0.05, 0.1) is 18.8 Å². The van der Waals surface area contributed by atoms with Gasteiger partial charge in [0.1, 0.15) is 28.9 Å². The summed E-state index contributed by atoms with van der Waals surface area (Å²) in [4.78, 5) is 30.9. The minimum absolute atomic E-state index is 0.0554. The standard InChI is InChI=1S/C18H24F2N4O3.C8H5FN2O/c1-12(9-21-2)22-3-5-23(6-4-22)17-15(19)7-13(8-16(17)20)24-10-14(11-25)27-18(24)26;9-6-1-2-8-10-7(5-12)4-11(8)3-6/h7-8,14,21,25H,1,3-6,9-11H2,2H3;1-5H. The molecule has 2 aliphatic heterocycles. The van der Waals surface area contributed by atoms with E-state index in [0.717, 1.165) is 22.7 Å². The third-order valence-corrected chi connectivity index (χ3v) is 6.37. The van der Waals surface area contributed by atoms with Crippen molar-refractivity contribution in [2.75, 3.05) is 62.7 Å². The minimum Gasteiger partial charge on any atom is -0.441 e. The molecule has 2 N–H and O–H groups in total. The molecule has 4 heterocycles. The summed E-state index contributed by atoms with van der Waals surface area (Å²) in [5.41, 5.74) is 1.80. The van der Waals surface area contributed by atoms with Crippen LogP contribution in [0.4, 0.5) is 29.3 Å². The first kappa shape index (κ1) is 27.9. The summed E-state index contributed by atoms with van der Waals surface area (Å²) in [6.45, 7) is 6.57. The molecule has 1 amide bonds. The Morgan fingerprint density at radius 3 is 2.46 bits per heavy atom. The second-order valence-corrected chi connectivity index (χ2v) is 9.02. The van der Waals surface area contributed by atoms with Gasteiger partial charge in [-0.25, -0.2) is 22.9 Å². The van der Waals surface area contributed by atoms with E-state index < -0.39 is 23.8 Å². The SMILES string of the molecule is C=C(CNC)N1CCN(c2c(F)cc(N3CC(CO)OC3=O)cc2F)CC1.O=Cc1cn2cc(F)ccc2n1. The first-order valence-corrected chi connectivity index (χ1v) is 12.2. The van der Waals surface area contributed by atoms with Crippen LogP contribution < -0.4 is 15.1 Å². The second kappa shape index (κ2) is 12.2. The summed E-state index contributed by atoms with van der Waals surface area (Å²) in [5.74, 6) is -1.81. The number of aromatic nitrogens is 2. The molecule has 208 valence electrons. The number of imidazole rings is 1. The molecule has 39 heavy (non-hydrogen) atoms. The zero-order valence-electron chi connectivity index (χ0n) is 21.3. The van der Waals surface area contributed by atoms with E-state index in [4.69, 9.17) is 9.84 Å². The average molecular weight is 547 g/mol. The molecule has 0 spiro atoms. The number of piperazine rings is 1. The van der Waals surface area contributed by atoms with Gasteiger partial charge in [0.15, 0.2) is 17.9 Å². The molecule has 0 radical (unpaired) electrons. The Hall–Kier alpha value is -4.10. The Balaban J connectivity index is 0.000000243. The van der Waals surface area contributed by atoms with Crippen LogP contribution in [0, 0.1) is 17.5 Å². The third-order valence-electron chi connectivity index (χ3n) is 6.37. The third kappa shape index (κ3) is 6.32. The highest BCUT2D eigenvalue weighted by atomic mass is 19.1. The van der Waals surface area contributed by atoms with Crippen molar-refractivity contribution < 1.29 is 32.6 Å². The van der Waals surface area contributed by atoms with Crippen molar-refractivity contribution in [2.45, 2.75) is 6.10 Å². The number of halogens is 3. The van der Waals surface area contributed by atoms with Gasteiger partial charge in [0, 0.05) is 62.9 Å². The smallest absolute Gasteiger partial charge is 0.414 e. The molecular formula is C26H29F3N6O4. The Morgan fingerprint density at radius 1 is 1.18 bits per heavy atom. The quantitative estimate of drug-likeness (QED) is 0.436. The number of ether oxygens (including phenoxy) is 1. The number of aliphatic hydroxyl groups is 1. The predicted molar refractivity (Wildman–Crippen MR) is 138 cm³/mol. The van der Waals surface area contributed by atoms with Crippen LogP contribution in [0.5, 0.6) is 0 Å². The summed E-state index contributed by atoms with van der Waals surface area (Å²) < 4.78 is 48.4. The Bertz CT molecular complexity index is 1340. The fourth-order valence-electron chi connectivity index (χ4n) is 4.44. The summed E-state index contributed by atoms with van der Waals surface area (Å²) >= 11 is 0. The highest BCUT2D eigenvalue weighted by Gasteiger charge is 2.33. The van der Waals surface area contributed by atoms with Gasteiger partial charge < -0.3 is 29.4 Å². The second-order valence-electron chi connectivity index (χ2n) is 9.02. The lowest BCUT2D eigenvalue weighted by Gasteiger charge is -2.38. The van der Waals surface area contributed by atoms with Crippen molar-refractivity contribution in [3.8, 4) is 0 Å². The van der Waals surface area contributed by atoms with E-state index in [2.05, 4.69) is 21.8 Å². The van der Waals surface area contributed by atoms with E-state index in [1.54, 1.807) is 4.90 Å². The number of benzene rings is 1. The topological polar surface area (TPSA) is 103 Å². The molecule has 1 unspecified atom stereocenters. The van der Waals surface area contributed by atoms with Gasteiger partial charge in [-0.2, -0.15) is 0 Å². The maximum Gasteiger partial charge on any atom is 0.414 e. The van der Waals surface area contributed by atoms with Crippen molar-refractivity contribution in [2.24, 2.45) is 0 Å². The lowest BCUT2D eigenvalue weighted by molar-refractivity contribution is 0.0963. The molecule has 0 saturated carbocycles. The molecule has 0 aliphatic carbocycles. The number of hydrogen-bond donors (Lipinski definition) is 2. The highest BCUT2D eigenvalue weighted by Crippen LogP contribution is 2.31. The van der Waals surface area contributed by atoms with E-state index in [9.17, 15) is 22.8 Å². The monoisotopic (exact) mass is 546 g/mol. The molecule has 1 aromatic carbocycles. The minimum atomic E-state index is -0.729. The van der Waals surface area contributed by atoms with E-state index in [1.807, 2.05) is 7.05 Å². The number of likely N-dealkylation sites (N-methyl/N-ethyl adjacent to an activating group) is 1. The van der Waals surface area contributed by atoms with Crippen molar-refractivity contribution in [1.29, 1.82) is 0 Å². The van der Waals surface area contributed by atoms with Gasteiger partial charge in [-0.3, -0.25) is 9.69 Å². The van der Waals surface area contributed by atoms with Crippen LogP contribution in [0.15, 0.2) is 48.9 Å². The lowest BCUT2D eigenvalue weighted by Crippen LogP contribution is -2.47. The lowest BCUT2D eigenvalue weighted by atomic mass is 10.2. The molecule has 2 fully saturated rings. The van der Waals surface area contributed by atoms with Crippen molar-refractivity contribution >= 4 is 29.4 Å². The first-order chi connectivity index (χ1) is 18.7. The zero-order chi connectivity index (χ0) is 28.1. The van der Waals surface area contributed by atoms with Crippen molar-refractivity contribution in [3.05, 3.63) is 72.1 Å². The number of hydrogen-bond acceptors (Lipinski definition) is 8. The van der Waals surface area contributed by atoms with Crippen LogP contribution in [0.3, 0.4) is 0 Å². The van der Waals surface area contributed by atoms with Crippen LogP contribution in [0.2, 0.25) is 0 Å². The molecule has 10 nitrogen and oxygen atoms in total. The number of rotatable bonds is 7. The van der Waals surface area contributed by atoms with Gasteiger partial charge in [0.2, 0.25) is 0 Å². The summed E-state index contributed by atoms with van der Waals surface area (Å²) in [6.07, 6.45) is 1.96. The Morgan fingerprint density at radius 2 is 1.87 bits per heavy atom. The molecule has 3 aromatic rings. The predicted octanol–water partition coefficient (Wildman–Crippen LogP) is 2.42. The number of carbonyl (C=O) groups is 2. The van der Waals surface area contributed by atoms with Gasteiger partial charge >= 0.3 is 6.09 Å². The molecular weight excluding hydrogens is 517 g/mol. The Kier molecular flexibility index (Phi) is 8.72. The van der Waals surface area contributed by atoms with Crippen LogP contribution in [-0.2, 0) is 4.74 Å². The Labute approximate surface area is 222 Å². The molecule has 5 rings (SSSR count). The van der Waals surface area contributed by atoms with E-state index >= 15 is 0 Å². The number of aldehydes is 1. The summed E-state index contributed by atoms with van der Waals surface area (Å²) in [7, 11) is 1.84. The number of cyclic esters (lactones) is 1. The first-order valence-electron chi connectivity index (χ1n) is 12.2. The molecule has 13 heteroatoms. The number of nitrogens with one attached hydrogen (secondary N) is 1. The van der Waals surface area contributed by atoms with Gasteiger partial charge in [-0.05, 0) is 19.2 Å². The van der Waals surface area contributed by atoms with Crippen LogP contribution >= 0.6 is 0 Å². The molecule has 2 aromatic heterocycles. The number of pyridine rings is 1. The maximum atomic E-state index is 14.7. The molecule has 2 saturated heterocycles. The van der Waals surface area contributed by atoms with E-state index in [-0.39, 0.29) is 30.3 Å². The molecule has 1 atom stereocenters. The number of amides is 1. The van der Waals surface area contributed by atoms with Gasteiger partial charge in [-0.15, -0.1) is 0 Å².